The van der Waals surface area contributed by atoms with Crippen molar-refractivity contribution < 1.29 is 17.3 Å². The van der Waals surface area contributed by atoms with Crippen LogP contribution in [0, 0.1) is 23.2 Å². The summed E-state index contributed by atoms with van der Waals surface area (Å²) >= 11 is 0. The van der Waals surface area contributed by atoms with Crippen LogP contribution < -0.4 is 9.32 Å². The van der Waals surface area contributed by atoms with Gasteiger partial charge in [-0.3, -0.25) is 4.99 Å². The molecular formula is C24H34N2O4S. The summed E-state index contributed by atoms with van der Waals surface area (Å²) in [6, 6.07) is 4.15. The zero-order valence-electron chi connectivity index (χ0n) is 18.6. The van der Waals surface area contributed by atoms with E-state index in [4.69, 9.17) is 14.1 Å². The Kier molecular flexibility index (Phi) is 5.32. The summed E-state index contributed by atoms with van der Waals surface area (Å²) in [6.07, 6.45) is 8.91. The third-order valence-corrected chi connectivity index (χ3v) is 9.17. The van der Waals surface area contributed by atoms with Gasteiger partial charge in [0.1, 0.15) is 12.4 Å². The summed E-state index contributed by atoms with van der Waals surface area (Å²) in [6.45, 7) is 6.13. The van der Waals surface area contributed by atoms with Gasteiger partial charge in [-0.25, -0.2) is 0 Å². The number of rotatable bonds is 5. The van der Waals surface area contributed by atoms with Crippen LogP contribution in [0.2, 0.25) is 0 Å². The van der Waals surface area contributed by atoms with Gasteiger partial charge >= 0.3 is 10.3 Å². The first kappa shape index (κ1) is 21.3. The third-order valence-electron chi connectivity index (χ3n) is 8.76. The predicted molar refractivity (Wildman–Crippen MR) is 121 cm³/mol. The molecule has 31 heavy (non-hydrogen) atoms. The summed E-state index contributed by atoms with van der Waals surface area (Å²) in [4.78, 5) is 4.56. The molecule has 1 aromatic carbocycles. The Morgan fingerprint density at radius 1 is 1.26 bits per heavy atom. The maximum absolute atomic E-state index is 11.5. The lowest BCUT2D eigenvalue weighted by Gasteiger charge is -2.51. The molecule has 170 valence electrons. The van der Waals surface area contributed by atoms with Crippen LogP contribution in [0.4, 0.5) is 0 Å². The van der Waals surface area contributed by atoms with Gasteiger partial charge in [0.05, 0.1) is 6.54 Å². The standard InChI is InChI=1S/C24H34N2O4S/c1-3-15-12-20-16(13-22(15)30-31(25,27)28)4-6-19-18(20)8-9-24(2)17(5-7-21(19)24)14-23-26-10-11-29-23/h12-13,17-19,21H,3-11,14H2,1-2H3,(H2,25,27,28)/t17-,18?,19?,21?,24-/m1/s1. The number of hydrogen-bond acceptors (Lipinski definition) is 5. The number of aryl methyl sites for hydroxylation is 2. The molecule has 5 atom stereocenters. The van der Waals surface area contributed by atoms with Crippen molar-refractivity contribution in [1.82, 2.24) is 0 Å². The Morgan fingerprint density at radius 3 is 2.81 bits per heavy atom. The highest BCUT2D eigenvalue weighted by molar-refractivity contribution is 7.84. The van der Waals surface area contributed by atoms with E-state index in [9.17, 15) is 8.42 Å². The van der Waals surface area contributed by atoms with Gasteiger partial charge in [0.15, 0.2) is 5.90 Å². The van der Waals surface area contributed by atoms with Crippen molar-refractivity contribution >= 4 is 16.2 Å². The van der Waals surface area contributed by atoms with Gasteiger partial charge in [-0.15, -0.1) is 0 Å². The van der Waals surface area contributed by atoms with Crippen LogP contribution in [-0.2, 0) is 27.9 Å². The fourth-order valence-corrected chi connectivity index (χ4v) is 7.69. The van der Waals surface area contributed by atoms with Crippen molar-refractivity contribution in [2.24, 2.45) is 33.3 Å². The second-order valence-electron chi connectivity index (χ2n) is 10.2. The summed E-state index contributed by atoms with van der Waals surface area (Å²) in [7, 11) is -4.02. The van der Waals surface area contributed by atoms with E-state index in [2.05, 4.69) is 18.0 Å². The molecule has 0 aromatic heterocycles. The van der Waals surface area contributed by atoms with Crippen molar-refractivity contribution in [2.45, 2.75) is 71.1 Å². The molecular weight excluding hydrogens is 412 g/mol. The second kappa shape index (κ2) is 7.77. The van der Waals surface area contributed by atoms with E-state index in [0.717, 1.165) is 49.8 Å². The second-order valence-corrected chi connectivity index (χ2v) is 11.3. The molecule has 2 fully saturated rings. The number of benzene rings is 1. The largest absolute Gasteiger partial charge is 0.479 e. The Labute approximate surface area is 185 Å². The number of aliphatic imine (C=N–C) groups is 1. The quantitative estimate of drug-likeness (QED) is 0.736. The first-order valence-corrected chi connectivity index (χ1v) is 13.3. The minimum Gasteiger partial charge on any atom is -0.479 e. The minimum absolute atomic E-state index is 0.372. The lowest BCUT2D eigenvalue weighted by molar-refractivity contribution is 0.0291. The summed E-state index contributed by atoms with van der Waals surface area (Å²) < 4.78 is 33.9. The van der Waals surface area contributed by atoms with Crippen LogP contribution in [0.25, 0.3) is 0 Å². The first-order chi connectivity index (χ1) is 14.8. The van der Waals surface area contributed by atoms with E-state index in [-0.39, 0.29) is 0 Å². The minimum atomic E-state index is -4.02. The van der Waals surface area contributed by atoms with Crippen molar-refractivity contribution in [3.8, 4) is 5.75 Å². The zero-order valence-corrected chi connectivity index (χ0v) is 19.4. The highest BCUT2D eigenvalue weighted by atomic mass is 32.2. The monoisotopic (exact) mass is 446 g/mol. The van der Waals surface area contributed by atoms with Gasteiger partial charge in [-0.05, 0) is 96.8 Å². The van der Waals surface area contributed by atoms with E-state index in [1.165, 1.54) is 43.2 Å². The van der Waals surface area contributed by atoms with Crippen LogP contribution in [0.15, 0.2) is 17.1 Å². The van der Waals surface area contributed by atoms with Crippen LogP contribution in [0.1, 0.15) is 75.0 Å². The number of fused-ring (bicyclic) bond motifs is 5. The normalized spacial score (nSPS) is 34.4. The Morgan fingerprint density at radius 2 is 2.10 bits per heavy atom. The summed E-state index contributed by atoms with van der Waals surface area (Å²) in [5.41, 5.74) is 3.97. The maximum Gasteiger partial charge on any atom is 0.380 e. The molecule has 1 aromatic rings. The average molecular weight is 447 g/mol. The smallest absolute Gasteiger partial charge is 0.380 e. The lowest BCUT2D eigenvalue weighted by atomic mass is 9.54. The van der Waals surface area contributed by atoms with Crippen LogP contribution in [0.5, 0.6) is 5.75 Å². The van der Waals surface area contributed by atoms with E-state index in [0.29, 0.717) is 28.9 Å². The molecule has 0 saturated heterocycles. The van der Waals surface area contributed by atoms with Gasteiger partial charge in [0.2, 0.25) is 0 Å². The molecule has 6 nitrogen and oxygen atoms in total. The van der Waals surface area contributed by atoms with Gasteiger partial charge in [-0.1, -0.05) is 19.9 Å². The number of ether oxygens (including phenoxy) is 1. The molecule has 3 unspecified atom stereocenters. The molecule has 7 heteroatoms. The highest BCUT2D eigenvalue weighted by Gasteiger charge is 2.54. The fraction of sp³-hybridized carbons (Fsp3) is 0.708. The summed E-state index contributed by atoms with van der Waals surface area (Å²) in [5.74, 6) is 4.08. The van der Waals surface area contributed by atoms with Gasteiger partial charge in [0, 0.05) is 6.42 Å². The van der Waals surface area contributed by atoms with Crippen molar-refractivity contribution in [1.29, 1.82) is 0 Å². The zero-order chi connectivity index (χ0) is 21.8. The molecule has 2 N–H and O–H groups in total. The molecule has 0 bridgehead atoms. The first-order valence-electron chi connectivity index (χ1n) is 11.8. The molecule has 5 rings (SSSR count). The van der Waals surface area contributed by atoms with E-state index >= 15 is 0 Å². The maximum atomic E-state index is 11.5. The molecule has 4 aliphatic rings. The molecule has 1 heterocycles. The Hall–Kier alpha value is -1.60. The van der Waals surface area contributed by atoms with Crippen molar-refractivity contribution in [3.05, 3.63) is 28.8 Å². The van der Waals surface area contributed by atoms with Gasteiger partial charge in [0.25, 0.3) is 0 Å². The number of hydrogen-bond donors (Lipinski definition) is 1. The lowest BCUT2D eigenvalue weighted by Crippen LogP contribution is -2.42. The third kappa shape index (κ3) is 3.78. The van der Waals surface area contributed by atoms with Crippen molar-refractivity contribution in [3.63, 3.8) is 0 Å². The van der Waals surface area contributed by atoms with E-state index in [1.54, 1.807) is 0 Å². The topological polar surface area (TPSA) is 91.0 Å². The van der Waals surface area contributed by atoms with Crippen molar-refractivity contribution in [2.75, 3.05) is 13.2 Å². The Balaban J connectivity index is 1.41. The Bertz CT molecular complexity index is 1010. The van der Waals surface area contributed by atoms with Gasteiger partial charge in [-0.2, -0.15) is 13.6 Å². The molecule has 0 radical (unpaired) electrons. The van der Waals surface area contributed by atoms with E-state index in [1.807, 2.05) is 13.0 Å². The van der Waals surface area contributed by atoms with Crippen LogP contribution >= 0.6 is 0 Å². The molecule has 0 amide bonds. The average Bonchev–Trinajstić information content (AvgIpc) is 3.34. The van der Waals surface area contributed by atoms with Crippen LogP contribution in [0.3, 0.4) is 0 Å². The SMILES string of the molecule is CCc1cc2c(cc1OS(N)(=O)=O)CCC1C2CC[C@@]2(C)C1CC[C@@H]2CC1=NCCO1. The van der Waals surface area contributed by atoms with Crippen LogP contribution in [-0.4, -0.2) is 27.5 Å². The predicted octanol–water partition coefficient (Wildman–Crippen LogP) is 4.12. The summed E-state index contributed by atoms with van der Waals surface area (Å²) in [5, 5.41) is 5.15. The van der Waals surface area contributed by atoms with E-state index < -0.39 is 10.3 Å². The molecule has 2 saturated carbocycles. The molecule has 3 aliphatic carbocycles. The molecule has 1 aliphatic heterocycles. The number of nitrogens with two attached hydrogens (primary N) is 1. The van der Waals surface area contributed by atoms with Gasteiger partial charge < -0.3 is 8.92 Å². The highest BCUT2D eigenvalue weighted by Crippen LogP contribution is 2.63. The molecule has 0 spiro atoms. The number of nitrogens with zero attached hydrogens (tertiary/aromatic N) is 1. The fourth-order valence-electron chi connectivity index (χ4n) is 7.28.